The first-order valence-electron chi connectivity index (χ1n) is 10.6. The molecule has 0 N–H and O–H groups in total. The third kappa shape index (κ3) is 7.46. The van der Waals surface area contributed by atoms with Crippen LogP contribution in [0.15, 0.2) is 36.4 Å². The summed E-state index contributed by atoms with van der Waals surface area (Å²) in [5.74, 6) is -0.156. The number of unbranched alkanes of at least 4 members (excludes halogenated alkanes) is 3. The summed E-state index contributed by atoms with van der Waals surface area (Å²) in [6.07, 6.45) is 9.45. The predicted octanol–water partition coefficient (Wildman–Crippen LogP) is 7.02. The average Bonchev–Trinajstić information content (AvgIpc) is 2.67. The van der Waals surface area contributed by atoms with Crippen LogP contribution in [0.3, 0.4) is 0 Å². The molecule has 3 heteroatoms. The first kappa shape index (κ1) is 23.3. The first-order chi connectivity index (χ1) is 12.6. The number of rotatable bonds is 13. The van der Waals surface area contributed by atoms with Gasteiger partial charge >= 0.3 is 166 Å². The minimum atomic E-state index is -2.70. The van der Waals surface area contributed by atoms with Gasteiger partial charge in [0.05, 0.1) is 0 Å². The van der Waals surface area contributed by atoms with Gasteiger partial charge in [0.2, 0.25) is 0 Å². The van der Waals surface area contributed by atoms with E-state index in [4.69, 9.17) is 4.74 Å². The van der Waals surface area contributed by atoms with E-state index >= 15 is 0 Å². The zero-order chi connectivity index (χ0) is 19.3. The van der Waals surface area contributed by atoms with E-state index in [1.165, 1.54) is 61.0 Å². The van der Waals surface area contributed by atoms with Gasteiger partial charge in [0, 0.05) is 0 Å². The number of carbonyl (C=O) groups excluding carboxylic acids is 1. The van der Waals surface area contributed by atoms with Crippen LogP contribution < -0.4 is 0 Å². The summed E-state index contributed by atoms with van der Waals surface area (Å²) < 4.78 is 10.8. The van der Waals surface area contributed by atoms with Crippen molar-refractivity contribution in [1.29, 1.82) is 0 Å². The zero-order valence-corrected chi connectivity index (χ0v) is 20.2. The molecule has 0 unspecified atom stereocenters. The van der Waals surface area contributed by atoms with Crippen molar-refractivity contribution in [2.24, 2.45) is 0 Å². The van der Waals surface area contributed by atoms with Gasteiger partial charge in [-0.15, -0.1) is 0 Å². The molecular formula is C23H38O2Sn. The van der Waals surface area contributed by atoms with Crippen molar-refractivity contribution in [3.8, 4) is 0 Å². The second-order valence-electron chi connectivity index (χ2n) is 7.27. The number of hydrogen-bond acceptors (Lipinski definition) is 2. The molecule has 0 spiro atoms. The van der Waals surface area contributed by atoms with Crippen molar-refractivity contribution in [3.05, 3.63) is 42.0 Å². The fourth-order valence-corrected chi connectivity index (χ4v) is 20.5. The zero-order valence-electron chi connectivity index (χ0n) is 17.4. The molecule has 26 heavy (non-hydrogen) atoms. The molecule has 0 saturated carbocycles. The van der Waals surface area contributed by atoms with Crippen LogP contribution in [-0.2, 0) is 9.53 Å². The van der Waals surface area contributed by atoms with Gasteiger partial charge in [0.1, 0.15) is 0 Å². The van der Waals surface area contributed by atoms with E-state index in [2.05, 4.69) is 51.1 Å². The molecule has 0 heterocycles. The van der Waals surface area contributed by atoms with E-state index in [1.54, 1.807) is 0 Å². The number of ether oxygens (including phenoxy) is 1. The molecule has 1 aromatic rings. The van der Waals surface area contributed by atoms with Crippen LogP contribution in [0.4, 0.5) is 0 Å². The molecular weight excluding hydrogens is 427 g/mol. The molecule has 0 saturated heterocycles. The molecule has 1 rings (SSSR count). The Morgan fingerprint density at radius 1 is 0.885 bits per heavy atom. The van der Waals surface area contributed by atoms with Crippen LogP contribution in [0.25, 0.3) is 3.59 Å². The van der Waals surface area contributed by atoms with E-state index in [0.29, 0.717) is 6.61 Å². The predicted molar refractivity (Wildman–Crippen MR) is 116 cm³/mol. The van der Waals surface area contributed by atoms with Gasteiger partial charge in [0.25, 0.3) is 0 Å². The molecule has 0 atom stereocenters. The summed E-state index contributed by atoms with van der Waals surface area (Å²) in [5, 5.41) is 0. The summed E-state index contributed by atoms with van der Waals surface area (Å²) in [7, 11) is 0. The van der Waals surface area contributed by atoms with E-state index in [-0.39, 0.29) is 5.97 Å². The van der Waals surface area contributed by atoms with Gasteiger partial charge < -0.3 is 0 Å². The number of benzene rings is 1. The molecule has 0 amide bonds. The van der Waals surface area contributed by atoms with Crippen LogP contribution >= 0.6 is 0 Å². The van der Waals surface area contributed by atoms with Gasteiger partial charge in [-0.2, -0.15) is 0 Å². The van der Waals surface area contributed by atoms with Crippen LogP contribution in [0, 0.1) is 0 Å². The second kappa shape index (κ2) is 13.4. The first-order valence-corrected chi connectivity index (χ1v) is 18.1. The van der Waals surface area contributed by atoms with Crippen LogP contribution in [0.1, 0.15) is 71.8 Å². The summed E-state index contributed by atoms with van der Waals surface area (Å²) in [4.78, 5) is 12.4. The molecule has 2 nitrogen and oxygen atoms in total. The molecule has 0 aromatic heterocycles. The molecule has 0 aliphatic rings. The third-order valence-electron chi connectivity index (χ3n) is 5.23. The summed E-state index contributed by atoms with van der Waals surface area (Å²) in [5.41, 5.74) is 1.26. The van der Waals surface area contributed by atoms with E-state index < -0.39 is 18.4 Å². The standard InChI is InChI=1S/C11H11O2.3C4H9.Sn/c1-2-13-11(12)9-8-10-6-4-3-5-7-10;3*1-3-4-2;/h3-7,9H,2H2,1H3;3*1,3-4H2,2H3;. The van der Waals surface area contributed by atoms with Gasteiger partial charge in [0.15, 0.2) is 0 Å². The van der Waals surface area contributed by atoms with Crippen molar-refractivity contribution < 1.29 is 9.53 Å². The van der Waals surface area contributed by atoms with E-state index in [1.807, 2.05) is 13.0 Å². The van der Waals surface area contributed by atoms with Gasteiger partial charge in [-0.05, 0) is 0 Å². The van der Waals surface area contributed by atoms with Gasteiger partial charge in [-0.3, -0.25) is 0 Å². The number of esters is 1. The fourth-order valence-electron chi connectivity index (χ4n) is 3.79. The normalized spacial score (nSPS) is 12.2. The fraction of sp³-hybridized carbons (Fsp3) is 0.609. The summed E-state index contributed by atoms with van der Waals surface area (Å²) in [6, 6.07) is 10.7. The monoisotopic (exact) mass is 466 g/mol. The second-order valence-corrected chi connectivity index (χ2v) is 20.4. The van der Waals surface area contributed by atoms with Gasteiger partial charge in [-0.25, -0.2) is 0 Å². The molecule has 0 fully saturated rings. The summed E-state index contributed by atoms with van der Waals surface area (Å²) in [6.45, 7) is 9.18. The third-order valence-corrected chi connectivity index (χ3v) is 21.0. The molecule has 146 valence electrons. The Morgan fingerprint density at radius 3 is 1.81 bits per heavy atom. The van der Waals surface area contributed by atoms with Crippen molar-refractivity contribution in [3.63, 3.8) is 0 Å². The molecule has 0 aliphatic heterocycles. The Balaban J connectivity index is 3.42. The average molecular weight is 465 g/mol. The van der Waals surface area contributed by atoms with Crippen LogP contribution in [0.5, 0.6) is 0 Å². The summed E-state index contributed by atoms with van der Waals surface area (Å²) >= 11 is -2.70. The molecule has 0 bridgehead atoms. The SMILES string of the molecule is CCC[CH2][Sn]([CH2]CCC)([CH2]CCC)/[C](=C\C(=O)OCC)c1ccccc1. The van der Waals surface area contributed by atoms with Crippen molar-refractivity contribution in [1.82, 2.24) is 0 Å². The maximum atomic E-state index is 12.4. The van der Waals surface area contributed by atoms with E-state index in [9.17, 15) is 4.79 Å². The molecule has 0 aliphatic carbocycles. The Kier molecular flexibility index (Phi) is 12.0. The quantitative estimate of drug-likeness (QED) is 0.178. The Bertz CT molecular complexity index is 515. The Hall–Kier alpha value is -0.771. The minimum absolute atomic E-state index is 0.156. The van der Waals surface area contributed by atoms with Crippen molar-refractivity contribution in [2.75, 3.05) is 6.61 Å². The topological polar surface area (TPSA) is 26.3 Å². The van der Waals surface area contributed by atoms with Crippen molar-refractivity contribution in [2.45, 2.75) is 79.5 Å². The Morgan fingerprint density at radius 2 is 1.38 bits per heavy atom. The van der Waals surface area contributed by atoms with Crippen molar-refractivity contribution >= 4 is 27.9 Å². The Labute approximate surface area is 165 Å². The van der Waals surface area contributed by atoms with Gasteiger partial charge in [-0.1, -0.05) is 0 Å². The van der Waals surface area contributed by atoms with E-state index in [0.717, 1.165) is 0 Å². The number of carbonyl (C=O) groups is 1. The molecule has 1 aromatic carbocycles. The molecule has 0 radical (unpaired) electrons. The number of hydrogen-bond donors (Lipinski definition) is 0. The maximum absolute atomic E-state index is 12.4. The van der Waals surface area contributed by atoms with Crippen LogP contribution in [0.2, 0.25) is 13.3 Å². The van der Waals surface area contributed by atoms with Crippen LogP contribution in [-0.4, -0.2) is 31.0 Å².